The Kier molecular flexibility index (Phi) is 3.28. The van der Waals surface area contributed by atoms with Crippen molar-refractivity contribution in [1.29, 1.82) is 0 Å². The highest BCUT2D eigenvalue weighted by molar-refractivity contribution is 9.10. The zero-order valence-electron chi connectivity index (χ0n) is 10.8. The zero-order chi connectivity index (χ0) is 14.3. The second kappa shape index (κ2) is 4.84. The minimum absolute atomic E-state index is 0.0495. The summed E-state index contributed by atoms with van der Waals surface area (Å²) < 4.78 is 11.2. The molecule has 20 heavy (non-hydrogen) atoms. The van der Waals surface area contributed by atoms with Crippen molar-refractivity contribution in [2.24, 2.45) is 0 Å². The summed E-state index contributed by atoms with van der Waals surface area (Å²) in [6, 6.07) is 1.61. The lowest BCUT2D eigenvalue weighted by Crippen LogP contribution is -2.38. The van der Waals surface area contributed by atoms with E-state index in [0.717, 1.165) is 19.3 Å². The summed E-state index contributed by atoms with van der Waals surface area (Å²) in [6.07, 6.45) is 3.68. The molecule has 0 spiro atoms. The molecule has 1 aliphatic carbocycles. The molecule has 0 bridgehead atoms. The van der Waals surface area contributed by atoms with Crippen LogP contribution in [0.15, 0.2) is 10.5 Å². The van der Waals surface area contributed by atoms with Crippen molar-refractivity contribution < 1.29 is 24.5 Å². The standard InChI is InChI=1S/C14H15BrO5/c15-8-6-9-12(20-7-19-9)10(11(8)16)14(13(17)18)4-2-1-3-5-14/h6,16H,1-5,7H2,(H,17,18). The third-order valence-electron chi connectivity index (χ3n) is 4.18. The number of aliphatic carboxylic acids is 1. The van der Waals surface area contributed by atoms with Gasteiger partial charge in [0, 0.05) is 6.07 Å². The molecule has 1 aromatic rings. The number of hydrogen-bond donors (Lipinski definition) is 2. The first-order valence-electron chi connectivity index (χ1n) is 6.61. The van der Waals surface area contributed by atoms with Gasteiger partial charge in [-0.05, 0) is 28.8 Å². The lowest BCUT2D eigenvalue weighted by atomic mass is 9.68. The number of carboxylic acids is 1. The minimum atomic E-state index is -1.09. The lowest BCUT2D eigenvalue weighted by Gasteiger charge is -2.34. The fraction of sp³-hybridized carbons (Fsp3) is 0.500. The Balaban J connectivity index is 2.24. The second-order valence-corrected chi connectivity index (χ2v) is 6.12. The van der Waals surface area contributed by atoms with Gasteiger partial charge in [-0.2, -0.15) is 0 Å². The van der Waals surface area contributed by atoms with E-state index in [4.69, 9.17) is 9.47 Å². The van der Waals surface area contributed by atoms with Crippen LogP contribution in [0.25, 0.3) is 0 Å². The van der Waals surface area contributed by atoms with E-state index >= 15 is 0 Å². The molecule has 1 aromatic carbocycles. The molecule has 108 valence electrons. The predicted molar refractivity (Wildman–Crippen MR) is 74.3 cm³/mol. The van der Waals surface area contributed by atoms with E-state index < -0.39 is 11.4 Å². The molecule has 0 saturated heterocycles. The smallest absolute Gasteiger partial charge is 0.314 e. The van der Waals surface area contributed by atoms with Crippen LogP contribution in [0.4, 0.5) is 0 Å². The van der Waals surface area contributed by atoms with Gasteiger partial charge in [-0.3, -0.25) is 4.79 Å². The highest BCUT2D eigenvalue weighted by Gasteiger charge is 2.47. The van der Waals surface area contributed by atoms with Crippen molar-refractivity contribution in [1.82, 2.24) is 0 Å². The number of phenolic OH excluding ortho intramolecular Hbond substituents is 1. The first-order chi connectivity index (χ1) is 9.56. The molecule has 5 nitrogen and oxygen atoms in total. The van der Waals surface area contributed by atoms with E-state index in [1.165, 1.54) is 0 Å². The Morgan fingerprint density at radius 2 is 1.95 bits per heavy atom. The first kappa shape index (κ1) is 13.5. The van der Waals surface area contributed by atoms with Crippen molar-refractivity contribution in [2.45, 2.75) is 37.5 Å². The highest BCUT2D eigenvalue weighted by atomic mass is 79.9. The van der Waals surface area contributed by atoms with Gasteiger partial charge in [0.1, 0.15) is 11.2 Å². The van der Waals surface area contributed by atoms with Crippen LogP contribution in [-0.4, -0.2) is 23.0 Å². The molecule has 0 radical (unpaired) electrons. The molecular weight excluding hydrogens is 328 g/mol. The van der Waals surface area contributed by atoms with Crippen molar-refractivity contribution >= 4 is 21.9 Å². The topological polar surface area (TPSA) is 76.0 Å². The zero-order valence-corrected chi connectivity index (χ0v) is 12.4. The summed E-state index contributed by atoms with van der Waals surface area (Å²) in [5, 5.41) is 20.1. The third kappa shape index (κ3) is 1.85. The summed E-state index contributed by atoms with van der Waals surface area (Å²) in [5.74, 6) is -0.118. The Morgan fingerprint density at radius 3 is 2.60 bits per heavy atom. The van der Waals surface area contributed by atoms with Crippen LogP contribution in [0.5, 0.6) is 17.2 Å². The van der Waals surface area contributed by atoms with Gasteiger partial charge in [0.15, 0.2) is 11.5 Å². The van der Waals surface area contributed by atoms with E-state index in [9.17, 15) is 15.0 Å². The number of halogens is 1. The Hall–Kier alpha value is -1.43. The van der Waals surface area contributed by atoms with Gasteiger partial charge in [-0.1, -0.05) is 19.3 Å². The molecule has 0 unspecified atom stereocenters. The summed E-state index contributed by atoms with van der Waals surface area (Å²) in [6.45, 7) is 0.0495. The van der Waals surface area contributed by atoms with Crippen LogP contribution in [0, 0.1) is 0 Å². The quantitative estimate of drug-likeness (QED) is 0.863. The van der Waals surface area contributed by atoms with E-state index in [-0.39, 0.29) is 12.5 Å². The fourth-order valence-electron chi connectivity index (χ4n) is 3.17. The van der Waals surface area contributed by atoms with Crippen LogP contribution in [0.3, 0.4) is 0 Å². The van der Waals surface area contributed by atoms with Crippen molar-refractivity contribution in [3.8, 4) is 17.2 Å². The van der Waals surface area contributed by atoms with E-state index in [1.807, 2.05) is 0 Å². The minimum Gasteiger partial charge on any atom is -0.506 e. The number of aromatic hydroxyl groups is 1. The second-order valence-electron chi connectivity index (χ2n) is 5.26. The molecule has 1 saturated carbocycles. The average Bonchev–Trinajstić information content (AvgIpc) is 2.88. The van der Waals surface area contributed by atoms with Gasteiger partial charge < -0.3 is 19.7 Å². The number of carbonyl (C=O) groups is 1. The van der Waals surface area contributed by atoms with Crippen molar-refractivity contribution in [3.05, 3.63) is 16.1 Å². The summed E-state index contributed by atoms with van der Waals surface area (Å²) in [5.41, 5.74) is -0.740. The maximum Gasteiger partial charge on any atom is 0.314 e. The van der Waals surface area contributed by atoms with Crippen molar-refractivity contribution in [3.63, 3.8) is 0 Å². The highest BCUT2D eigenvalue weighted by Crippen LogP contribution is 2.54. The summed E-state index contributed by atoms with van der Waals surface area (Å²) >= 11 is 3.26. The number of ether oxygens (including phenoxy) is 2. The predicted octanol–water partition coefficient (Wildman–Crippen LogP) is 3.17. The fourth-order valence-corrected chi connectivity index (χ4v) is 3.58. The first-order valence-corrected chi connectivity index (χ1v) is 7.40. The molecule has 1 fully saturated rings. The number of phenols is 1. The normalized spacial score (nSPS) is 19.9. The maximum absolute atomic E-state index is 11.9. The van der Waals surface area contributed by atoms with Gasteiger partial charge >= 0.3 is 5.97 Å². The van der Waals surface area contributed by atoms with Crippen LogP contribution in [0.1, 0.15) is 37.7 Å². The van der Waals surface area contributed by atoms with Crippen LogP contribution < -0.4 is 9.47 Å². The Labute approximate surface area is 124 Å². The average molecular weight is 343 g/mol. The molecule has 0 atom stereocenters. The third-order valence-corrected chi connectivity index (χ3v) is 4.79. The number of fused-ring (bicyclic) bond motifs is 1. The molecule has 0 aromatic heterocycles. The largest absolute Gasteiger partial charge is 0.506 e. The molecule has 1 aliphatic heterocycles. The van der Waals surface area contributed by atoms with Crippen LogP contribution >= 0.6 is 15.9 Å². The SMILES string of the molecule is O=C(O)C1(c2c(O)c(Br)cc3c2OCO3)CCCCC1. The van der Waals surface area contributed by atoms with E-state index in [1.54, 1.807) is 6.07 Å². The monoisotopic (exact) mass is 342 g/mol. The van der Waals surface area contributed by atoms with Gasteiger partial charge in [0.25, 0.3) is 0 Å². The van der Waals surface area contributed by atoms with Gasteiger partial charge in [-0.15, -0.1) is 0 Å². The molecular formula is C14H15BrO5. The lowest BCUT2D eigenvalue weighted by molar-refractivity contribution is -0.145. The number of rotatable bonds is 2. The molecule has 3 rings (SSSR count). The summed E-state index contributed by atoms with van der Waals surface area (Å²) in [7, 11) is 0. The molecule has 1 heterocycles. The number of hydrogen-bond acceptors (Lipinski definition) is 4. The molecule has 0 amide bonds. The molecule has 6 heteroatoms. The number of benzene rings is 1. The molecule has 2 aliphatic rings. The van der Waals surface area contributed by atoms with Gasteiger partial charge in [0.05, 0.1) is 10.0 Å². The Bertz CT molecular complexity index is 563. The van der Waals surface area contributed by atoms with Crippen molar-refractivity contribution in [2.75, 3.05) is 6.79 Å². The van der Waals surface area contributed by atoms with E-state index in [2.05, 4.69) is 15.9 Å². The Morgan fingerprint density at radius 1 is 1.25 bits per heavy atom. The maximum atomic E-state index is 11.9. The summed E-state index contributed by atoms with van der Waals surface area (Å²) in [4.78, 5) is 11.9. The van der Waals surface area contributed by atoms with Crippen LogP contribution in [0.2, 0.25) is 0 Å². The van der Waals surface area contributed by atoms with Crippen LogP contribution in [-0.2, 0) is 10.2 Å². The molecule has 2 N–H and O–H groups in total. The number of carboxylic acid groups (broad SMARTS) is 1. The van der Waals surface area contributed by atoms with E-state index in [0.29, 0.717) is 34.4 Å². The van der Waals surface area contributed by atoms with Gasteiger partial charge in [-0.25, -0.2) is 0 Å². The van der Waals surface area contributed by atoms with Gasteiger partial charge in [0.2, 0.25) is 6.79 Å².